The lowest BCUT2D eigenvalue weighted by atomic mass is 10.2. The number of halogens is 5. The van der Waals surface area contributed by atoms with Crippen molar-refractivity contribution in [3.8, 4) is 10.6 Å². The van der Waals surface area contributed by atoms with Gasteiger partial charge in [-0.3, -0.25) is 0 Å². The molecule has 0 spiro atoms. The molecule has 1 aromatic heterocycles. The van der Waals surface area contributed by atoms with Gasteiger partial charge >= 0.3 is 12.1 Å². The lowest BCUT2D eigenvalue weighted by molar-refractivity contribution is -0.141. The van der Waals surface area contributed by atoms with Gasteiger partial charge in [-0.15, -0.1) is 11.3 Å². The molecule has 0 aliphatic heterocycles. The molecular formula is C11H4BrF4NO2S. The summed E-state index contributed by atoms with van der Waals surface area (Å²) in [7, 11) is 0. The summed E-state index contributed by atoms with van der Waals surface area (Å²) in [4.78, 5) is 13.3. The van der Waals surface area contributed by atoms with Crippen molar-refractivity contribution >= 4 is 33.2 Å². The second-order valence-electron chi connectivity index (χ2n) is 3.62. The predicted octanol–water partition coefficient (Wildman–Crippen LogP) is 4.43. The zero-order valence-corrected chi connectivity index (χ0v) is 11.7. The van der Waals surface area contributed by atoms with E-state index in [1.165, 1.54) is 6.07 Å². The Morgan fingerprint density at radius 2 is 2.00 bits per heavy atom. The van der Waals surface area contributed by atoms with Crippen molar-refractivity contribution in [2.45, 2.75) is 6.18 Å². The van der Waals surface area contributed by atoms with Gasteiger partial charge in [0, 0.05) is 10.0 Å². The third-order valence-electron chi connectivity index (χ3n) is 2.25. The Morgan fingerprint density at radius 3 is 2.45 bits per heavy atom. The number of thiazole rings is 1. The van der Waals surface area contributed by atoms with Crippen LogP contribution in [0.2, 0.25) is 0 Å². The molecule has 2 aromatic rings. The van der Waals surface area contributed by atoms with Gasteiger partial charge in [-0.1, -0.05) is 0 Å². The molecule has 9 heteroatoms. The Balaban J connectivity index is 2.62. The minimum Gasteiger partial charge on any atom is -0.477 e. The number of carboxylic acids is 1. The third kappa shape index (κ3) is 2.83. The highest BCUT2D eigenvalue weighted by Crippen LogP contribution is 2.39. The highest BCUT2D eigenvalue weighted by Gasteiger charge is 2.40. The van der Waals surface area contributed by atoms with Crippen LogP contribution in [0.4, 0.5) is 17.6 Å². The normalized spacial score (nSPS) is 11.7. The van der Waals surface area contributed by atoms with E-state index >= 15 is 0 Å². The van der Waals surface area contributed by atoms with E-state index < -0.39 is 28.5 Å². The highest BCUT2D eigenvalue weighted by atomic mass is 79.9. The van der Waals surface area contributed by atoms with E-state index in [0.717, 1.165) is 12.1 Å². The van der Waals surface area contributed by atoms with E-state index in [1.807, 2.05) is 0 Å². The first kappa shape index (κ1) is 14.9. The van der Waals surface area contributed by atoms with Crippen molar-refractivity contribution < 1.29 is 27.5 Å². The van der Waals surface area contributed by atoms with Crippen molar-refractivity contribution in [1.29, 1.82) is 0 Å². The number of aromatic nitrogens is 1. The molecule has 3 nitrogen and oxygen atoms in total. The van der Waals surface area contributed by atoms with Crippen LogP contribution in [0.25, 0.3) is 10.6 Å². The second-order valence-corrected chi connectivity index (χ2v) is 5.48. The zero-order valence-electron chi connectivity index (χ0n) is 9.33. The summed E-state index contributed by atoms with van der Waals surface area (Å²) in [5, 5.41) is 8.65. The van der Waals surface area contributed by atoms with E-state index in [0.29, 0.717) is 11.3 Å². The maximum atomic E-state index is 12.9. The van der Waals surface area contributed by atoms with Gasteiger partial charge in [0.1, 0.15) is 15.7 Å². The quantitative estimate of drug-likeness (QED) is 0.796. The van der Waals surface area contributed by atoms with Gasteiger partial charge in [-0.2, -0.15) is 13.2 Å². The molecule has 0 aliphatic rings. The largest absolute Gasteiger partial charge is 0.477 e. The predicted molar refractivity (Wildman–Crippen MR) is 67.2 cm³/mol. The SMILES string of the molecule is O=C(O)c1sc(-c2ccc(F)cc2Br)nc1C(F)(F)F. The molecule has 2 rings (SSSR count). The molecule has 0 unspecified atom stereocenters. The lowest BCUT2D eigenvalue weighted by Gasteiger charge is -2.03. The monoisotopic (exact) mass is 369 g/mol. The molecule has 0 aliphatic carbocycles. The first-order valence-corrected chi connectivity index (χ1v) is 6.58. The molecule has 0 saturated heterocycles. The Morgan fingerprint density at radius 1 is 1.35 bits per heavy atom. The summed E-state index contributed by atoms with van der Waals surface area (Å²) in [5.74, 6) is -2.29. The van der Waals surface area contributed by atoms with Gasteiger partial charge in [-0.25, -0.2) is 14.2 Å². The summed E-state index contributed by atoms with van der Waals surface area (Å²) < 4.78 is 51.3. The van der Waals surface area contributed by atoms with Gasteiger partial charge in [0.15, 0.2) is 5.69 Å². The Bertz CT molecular complexity index is 684. The van der Waals surface area contributed by atoms with E-state index in [9.17, 15) is 22.4 Å². The number of alkyl halides is 3. The number of nitrogens with zero attached hydrogens (tertiary/aromatic N) is 1. The smallest absolute Gasteiger partial charge is 0.435 e. The van der Waals surface area contributed by atoms with Crippen LogP contribution in [-0.2, 0) is 6.18 Å². The fourth-order valence-corrected chi connectivity index (χ4v) is 3.07. The molecule has 0 amide bonds. The maximum absolute atomic E-state index is 12.9. The third-order valence-corrected chi connectivity index (χ3v) is 3.98. The van der Waals surface area contributed by atoms with Gasteiger partial charge in [0.05, 0.1) is 0 Å². The highest BCUT2D eigenvalue weighted by molar-refractivity contribution is 9.10. The topological polar surface area (TPSA) is 50.2 Å². The van der Waals surface area contributed by atoms with Crippen LogP contribution < -0.4 is 0 Å². The summed E-state index contributed by atoms with van der Waals surface area (Å²) >= 11 is 3.39. The molecule has 0 radical (unpaired) electrons. The molecule has 1 N–H and O–H groups in total. The van der Waals surface area contributed by atoms with Gasteiger partial charge < -0.3 is 5.11 Å². The second kappa shape index (κ2) is 5.13. The fraction of sp³-hybridized carbons (Fsp3) is 0.0909. The molecule has 0 bridgehead atoms. The summed E-state index contributed by atoms with van der Waals surface area (Å²) in [5.41, 5.74) is -1.27. The first-order chi connectivity index (χ1) is 9.20. The number of hydrogen-bond donors (Lipinski definition) is 1. The number of hydrogen-bond acceptors (Lipinski definition) is 3. The van der Waals surface area contributed by atoms with E-state index in [4.69, 9.17) is 5.11 Å². The van der Waals surface area contributed by atoms with Crippen LogP contribution >= 0.6 is 27.3 Å². The van der Waals surface area contributed by atoms with Crippen LogP contribution in [0.5, 0.6) is 0 Å². The Kier molecular flexibility index (Phi) is 3.83. The van der Waals surface area contributed by atoms with Crippen LogP contribution in [0, 0.1) is 5.82 Å². The van der Waals surface area contributed by atoms with Crippen molar-refractivity contribution in [2.75, 3.05) is 0 Å². The first-order valence-electron chi connectivity index (χ1n) is 4.97. The van der Waals surface area contributed by atoms with Crippen molar-refractivity contribution in [3.05, 3.63) is 39.1 Å². The van der Waals surface area contributed by atoms with Gasteiger partial charge in [0.25, 0.3) is 0 Å². The average Bonchev–Trinajstić information content (AvgIpc) is 2.73. The molecule has 20 heavy (non-hydrogen) atoms. The lowest BCUT2D eigenvalue weighted by Crippen LogP contribution is -2.11. The molecule has 1 heterocycles. The number of benzene rings is 1. The molecule has 1 aromatic carbocycles. The molecule has 0 saturated carbocycles. The van der Waals surface area contributed by atoms with Crippen molar-refractivity contribution in [2.24, 2.45) is 0 Å². The van der Waals surface area contributed by atoms with Crippen LogP contribution in [0.1, 0.15) is 15.4 Å². The van der Waals surface area contributed by atoms with E-state index in [2.05, 4.69) is 20.9 Å². The van der Waals surface area contributed by atoms with E-state index in [1.54, 1.807) is 0 Å². The minimum atomic E-state index is -4.87. The summed E-state index contributed by atoms with van der Waals surface area (Å²) in [6.07, 6.45) is -4.87. The number of rotatable bonds is 2. The zero-order chi connectivity index (χ0) is 15.1. The van der Waals surface area contributed by atoms with Gasteiger partial charge in [-0.05, 0) is 34.1 Å². The maximum Gasteiger partial charge on any atom is 0.435 e. The molecular weight excluding hydrogens is 366 g/mol. The fourth-order valence-electron chi connectivity index (χ4n) is 1.44. The Labute approximate surface area is 122 Å². The average molecular weight is 370 g/mol. The molecule has 106 valence electrons. The number of carbonyl (C=O) groups is 1. The molecule has 0 atom stereocenters. The van der Waals surface area contributed by atoms with Crippen molar-refractivity contribution in [1.82, 2.24) is 4.98 Å². The minimum absolute atomic E-state index is 0.151. The number of carboxylic acid groups (broad SMARTS) is 1. The molecule has 0 fully saturated rings. The van der Waals surface area contributed by atoms with Gasteiger partial charge in [0.2, 0.25) is 0 Å². The van der Waals surface area contributed by atoms with E-state index in [-0.39, 0.29) is 15.0 Å². The van der Waals surface area contributed by atoms with Crippen molar-refractivity contribution in [3.63, 3.8) is 0 Å². The summed E-state index contributed by atoms with van der Waals surface area (Å²) in [6.45, 7) is 0. The summed E-state index contributed by atoms with van der Waals surface area (Å²) in [6, 6.07) is 3.34. The number of aromatic carboxylic acids is 1. The Hall–Kier alpha value is -1.48. The van der Waals surface area contributed by atoms with Crippen LogP contribution in [0.3, 0.4) is 0 Å². The van der Waals surface area contributed by atoms with Crippen LogP contribution in [-0.4, -0.2) is 16.1 Å². The van der Waals surface area contributed by atoms with Crippen LogP contribution in [0.15, 0.2) is 22.7 Å². The standard InChI is InChI=1S/C11H4BrF4NO2S/c12-6-3-4(13)1-2-5(6)9-17-8(11(14,15)16)7(20-9)10(18)19/h1-3H,(H,18,19).